The summed E-state index contributed by atoms with van der Waals surface area (Å²) >= 11 is 5.30. The number of nitrogens with zero attached hydrogens (tertiary/aromatic N) is 2. The van der Waals surface area contributed by atoms with Gasteiger partial charge in [-0.25, -0.2) is 9.97 Å². The highest BCUT2D eigenvalue weighted by Crippen LogP contribution is 2.27. The number of hydrogen-bond acceptors (Lipinski definition) is 5. The molecule has 2 aromatic heterocycles. The molecule has 0 unspecified atom stereocenters. The van der Waals surface area contributed by atoms with E-state index in [-0.39, 0.29) is 0 Å². The Labute approximate surface area is 125 Å². The molecular formula is C13H17BrN4S. The third-order valence-electron chi connectivity index (χ3n) is 2.72. The van der Waals surface area contributed by atoms with E-state index in [1.54, 1.807) is 17.7 Å². The predicted octanol–water partition coefficient (Wildman–Crippen LogP) is 4.04. The molecule has 0 amide bonds. The zero-order chi connectivity index (χ0) is 13.7. The average Bonchev–Trinajstić information content (AvgIpc) is 2.82. The van der Waals surface area contributed by atoms with Gasteiger partial charge in [-0.2, -0.15) is 0 Å². The van der Waals surface area contributed by atoms with Gasteiger partial charge in [0, 0.05) is 11.4 Å². The van der Waals surface area contributed by atoms with Gasteiger partial charge in [0.25, 0.3) is 0 Å². The summed E-state index contributed by atoms with van der Waals surface area (Å²) in [5.74, 6) is 1.66. The molecule has 0 aliphatic rings. The van der Waals surface area contributed by atoms with Crippen LogP contribution in [-0.2, 0) is 6.54 Å². The van der Waals surface area contributed by atoms with E-state index in [1.165, 1.54) is 10.4 Å². The number of thiophene rings is 1. The van der Waals surface area contributed by atoms with E-state index in [4.69, 9.17) is 0 Å². The van der Waals surface area contributed by atoms with Gasteiger partial charge in [0.15, 0.2) is 0 Å². The summed E-state index contributed by atoms with van der Waals surface area (Å²) in [4.78, 5) is 9.83. The quantitative estimate of drug-likeness (QED) is 0.832. The summed E-state index contributed by atoms with van der Waals surface area (Å²) in [7, 11) is 0. The van der Waals surface area contributed by atoms with Crippen LogP contribution in [0.15, 0.2) is 22.2 Å². The Bertz CT molecular complexity index is 541. The second-order valence-corrected chi connectivity index (χ2v) is 5.99. The molecule has 0 aromatic carbocycles. The largest absolute Gasteiger partial charge is 0.369 e. The van der Waals surface area contributed by atoms with E-state index in [0.717, 1.165) is 35.6 Å². The van der Waals surface area contributed by atoms with E-state index >= 15 is 0 Å². The molecule has 2 aromatic rings. The second kappa shape index (κ2) is 6.86. The molecule has 0 spiro atoms. The van der Waals surface area contributed by atoms with Gasteiger partial charge in [-0.15, -0.1) is 11.3 Å². The minimum Gasteiger partial charge on any atom is -0.369 e. The zero-order valence-corrected chi connectivity index (χ0v) is 13.4. The third kappa shape index (κ3) is 3.67. The number of anilines is 2. The number of hydrogen-bond donors (Lipinski definition) is 2. The van der Waals surface area contributed by atoms with E-state index in [2.05, 4.69) is 61.8 Å². The molecule has 6 heteroatoms. The lowest BCUT2D eigenvalue weighted by Gasteiger charge is -2.11. The van der Waals surface area contributed by atoms with Gasteiger partial charge in [0.05, 0.1) is 6.54 Å². The fourth-order valence-electron chi connectivity index (χ4n) is 1.61. The first-order valence-electron chi connectivity index (χ1n) is 6.23. The van der Waals surface area contributed by atoms with Crippen molar-refractivity contribution >= 4 is 38.9 Å². The van der Waals surface area contributed by atoms with Crippen molar-refractivity contribution in [2.75, 3.05) is 17.2 Å². The van der Waals surface area contributed by atoms with Crippen LogP contribution in [0.2, 0.25) is 0 Å². The molecule has 0 saturated carbocycles. The molecular weight excluding hydrogens is 324 g/mol. The van der Waals surface area contributed by atoms with Crippen molar-refractivity contribution < 1.29 is 0 Å². The molecule has 19 heavy (non-hydrogen) atoms. The van der Waals surface area contributed by atoms with E-state index in [1.807, 2.05) is 0 Å². The number of nitrogens with one attached hydrogen (secondary N) is 2. The van der Waals surface area contributed by atoms with Crippen molar-refractivity contribution in [2.45, 2.75) is 26.8 Å². The molecule has 2 rings (SSSR count). The molecule has 0 aliphatic carbocycles. The Hall–Kier alpha value is -1.14. The van der Waals surface area contributed by atoms with Crippen LogP contribution in [0, 0.1) is 6.92 Å². The van der Waals surface area contributed by atoms with E-state index in [0.29, 0.717) is 0 Å². The Morgan fingerprint density at radius 1 is 1.26 bits per heavy atom. The standard InChI is InChI=1S/C13H17BrN4S/c1-3-5-15-12-11(14)13(18-8-17-12)16-7-10-9(2)4-6-19-10/h4,6,8H,3,5,7H2,1-2H3,(H2,15,16,17,18). The topological polar surface area (TPSA) is 49.8 Å². The minimum atomic E-state index is 0.784. The molecule has 4 nitrogen and oxygen atoms in total. The van der Waals surface area contributed by atoms with Crippen LogP contribution in [0.5, 0.6) is 0 Å². The van der Waals surface area contributed by atoms with Crippen molar-refractivity contribution in [2.24, 2.45) is 0 Å². The van der Waals surface area contributed by atoms with Crippen LogP contribution in [-0.4, -0.2) is 16.5 Å². The molecule has 0 bridgehead atoms. The van der Waals surface area contributed by atoms with Crippen molar-refractivity contribution in [1.82, 2.24) is 9.97 Å². The number of halogens is 1. The highest BCUT2D eigenvalue weighted by Gasteiger charge is 2.08. The Kier molecular flexibility index (Phi) is 5.15. The van der Waals surface area contributed by atoms with E-state index in [9.17, 15) is 0 Å². The number of aryl methyl sites for hydroxylation is 1. The summed E-state index contributed by atoms with van der Waals surface area (Å²) < 4.78 is 0.887. The van der Waals surface area contributed by atoms with Gasteiger partial charge < -0.3 is 10.6 Å². The average molecular weight is 341 g/mol. The minimum absolute atomic E-state index is 0.784. The van der Waals surface area contributed by atoms with Crippen LogP contribution in [0.4, 0.5) is 11.6 Å². The molecule has 0 aliphatic heterocycles. The summed E-state index contributed by atoms with van der Waals surface area (Å²) in [6, 6.07) is 2.13. The number of aromatic nitrogens is 2. The Morgan fingerprint density at radius 3 is 2.63 bits per heavy atom. The van der Waals surface area contributed by atoms with Crippen LogP contribution < -0.4 is 10.6 Å². The van der Waals surface area contributed by atoms with Gasteiger partial charge in [0.2, 0.25) is 0 Å². The van der Waals surface area contributed by atoms with Gasteiger partial charge >= 0.3 is 0 Å². The molecule has 0 fully saturated rings. The lowest BCUT2D eigenvalue weighted by Crippen LogP contribution is -2.07. The van der Waals surface area contributed by atoms with Crippen molar-refractivity contribution in [3.8, 4) is 0 Å². The fourth-order valence-corrected chi connectivity index (χ4v) is 2.94. The lowest BCUT2D eigenvalue weighted by atomic mass is 10.3. The van der Waals surface area contributed by atoms with Crippen molar-refractivity contribution in [1.29, 1.82) is 0 Å². The molecule has 102 valence electrons. The van der Waals surface area contributed by atoms with Gasteiger partial charge in [-0.1, -0.05) is 6.92 Å². The maximum atomic E-state index is 4.27. The summed E-state index contributed by atoms with van der Waals surface area (Å²) in [5.41, 5.74) is 1.31. The summed E-state index contributed by atoms with van der Waals surface area (Å²) in [5, 5.41) is 8.72. The maximum absolute atomic E-state index is 4.27. The van der Waals surface area contributed by atoms with Crippen LogP contribution in [0.25, 0.3) is 0 Å². The van der Waals surface area contributed by atoms with Gasteiger partial charge in [-0.05, 0) is 46.3 Å². The Morgan fingerprint density at radius 2 is 2.00 bits per heavy atom. The lowest BCUT2D eigenvalue weighted by molar-refractivity contribution is 0.960. The van der Waals surface area contributed by atoms with E-state index < -0.39 is 0 Å². The maximum Gasteiger partial charge on any atom is 0.146 e. The number of rotatable bonds is 6. The summed E-state index contributed by atoms with van der Waals surface area (Å²) in [6.45, 7) is 5.93. The molecule has 0 atom stereocenters. The first-order chi connectivity index (χ1) is 9.22. The predicted molar refractivity (Wildman–Crippen MR) is 84.9 cm³/mol. The van der Waals surface area contributed by atoms with Gasteiger partial charge in [-0.3, -0.25) is 0 Å². The highest BCUT2D eigenvalue weighted by molar-refractivity contribution is 9.10. The SMILES string of the molecule is CCCNc1ncnc(NCc2sccc2C)c1Br. The smallest absolute Gasteiger partial charge is 0.146 e. The van der Waals surface area contributed by atoms with Gasteiger partial charge in [0.1, 0.15) is 22.4 Å². The Balaban J connectivity index is 2.06. The highest BCUT2D eigenvalue weighted by atomic mass is 79.9. The van der Waals surface area contributed by atoms with Crippen LogP contribution >= 0.6 is 27.3 Å². The van der Waals surface area contributed by atoms with Crippen LogP contribution in [0.3, 0.4) is 0 Å². The molecule has 2 heterocycles. The molecule has 2 N–H and O–H groups in total. The summed E-state index contributed by atoms with van der Waals surface area (Å²) in [6.07, 6.45) is 2.64. The first-order valence-corrected chi connectivity index (χ1v) is 7.90. The normalized spacial score (nSPS) is 10.5. The third-order valence-corrected chi connectivity index (χ3v) is 4.49. The van der Waals surface area contributed by atoms with Crippen molar-refractivity contribution in [3.63, 3.8) is 0 Å². The van der Waals surface area contributed by atoms with Crippen LogP contribution in [0.1, 0.15) is 23.8 Å². The fraction of sp³-hybridized carbons (Fsp3) is 0.385. The van der Waals surface area contributed by atoms with Crippen molar-refractivity contribution in [3.05, 3.63) is 32.7 Å². The first kappa shape index (κ1) is 14.3. The molecule has 0 radical (unpaired) electrons. The second-order valence-electron chi connectivity index (χ2n) is 4.19. The zero-order valence-electron chi connectivity index (χ0n) is 11.0. The molecule has 0 saturated heterocycles. The monoisotopic (exact) mass is 340 g/mol.